The highest BCUT2D eigenvalue weighted by Crippen LogP contribution is 2.26. The van der Waals surface area contributed by atoms with Crippen LogP contribution in [0.15, 0.2) is 29.3 Å². The standard InChI is InChI=1S/C18H27N3O2S/c1-18(2)13-21(8-9-24(18,22)23)17(19-3)20-12-14-10-15-6-4-5-7-16(15)11-14/h4-7,14H,8-13H2,1-3H3,(H,19,20). The summed E-state index contributed by atoms with van der Waals surface area (Å²) < 4.78 is 23.6. The molecule has 5 nitrogen and oxygen atoms in total. The first-order valence-corrected chi connectivity index (χ1v) is 10.2. The Hall–Kier alpha value is -1.56. The maximum Gasteiger partial charge on any atom is 0.193 e. The molecule has 0 amide bonds. The first-order chi connectivity index (χ1) is 11.3. The van der Waals surface area contributed by atoms with E-state index in [2.05, 4.69) is 39.5 Å². The quantitative estimate of drug-likeness (QED) is 0.649. The predicted molar refractivity (Wildman–Crippen MR) is 98.1 cm³/mol. The van der Waals surface area contributed by atoms with Gasteiger partial charge in [-0.2, -0.15) is 0 Å². The van der Waals surface area contributed by atoms with Gasteiger partial charge in [0.15, 0.2) is 15.8 Å². The Labute approximate surface area is 145 Å². The van der Waals surface area contributed by atoms with Crippen LogP contribution in [0.2, 0.25) is 0 Å². The van der Waals surface area contributed by atoms with Crippen molar-refractivity contribution in [1.82, 2.24) is 10.2 Å². The lowest BCUT2D eigenvalue weighted by Crippen LogP contribution is -2.57. The Morgan fingerprint density at radius 2 is 1.92 bits per heavy atom. The van der Waals surface area contributed by atoms with Crippen LogP contribution in [0.3, 0.4) is 0 Å². The minimum absolute atomic E-state index is 0.190. The van der Waals surface area contributed by atoms with E-state index in [4.69, 9.17) is 0 Å². The molecule has 3 rings (SSSR count). The second kappa shape index (κ2) is 6.39. The molecule has 132 valence electrons. The third-order valence-electron chi connectivity index (χ3n) is 5.24. The minimum atomic E-state index is -3.03. The van der Waals surface area contributed by atoms with Crippen molar-refractivity contribution >= 4 is 15.8 Å². The molecule has 1 fully saturated rings. The van der Waals surface area contributed by atoms with Gasteiger partial charge in [0.25, 0.3) is 0 Å². The van der Waals surface area contributed by atoms with Crippen LogP contribution in [-0.2, 0) is 22.7 Å². The Morgan fingerprint density at radius 3 is 2.46 bits per heavy atom. The number of guanidine groups is 1. The van der Waals surface area contributed by atoms with E-state index < -0.39 is 14.6 Å². The van der Waals surface area contributed by atoms with Crippen LogP contribution in [0, 0.1) is 5.92 Å². The lowest BCUT2D eigenvalue weighted by Gasteiger charge is -2.39. The molecule has 1 aromatic carbocycles. The lowest BCUT2D eigenvalue weighted by atomic mass is 10.1. The summed E-state index contributed by atoms with van der Waals surface area (Å²) in [5, 5.41) is 3.46. The van der Waals surface area contributed by atoms with Crippen molar-refractivity contribution in [3.8, 4) is 0 Å². The van der Waals surface area contributed by atoms with Gasteiger partial charge in [0, 0.05) is 26.7 Å². The summed E-state index contributed by atoms with van der Waals surface area (Å²) in [6.45, 7) is 5.46. The van der Waals surface area contributed by atoms with Crippen LogP contribution >= 0.6 is 0 Å². The monoisotopic (exact) mass is 349 g/mol. The molecule has 6 heteroatoms. The molecule has 24 heavy (non-hydrogen) atoms. The van der Waals surface area contributed by atoms with Crippen LogP contribution < -0.4 is 5.32 Å². The van der Waals surface area contributed by atoms with E-state index in [1.165, 1.54) is 11.1 Å². The van der Waals surface area contributed by atoms with Gasteiger partial charge in [-0.05, 0) is 43.7 Å². The van der Waals surface area contributed by atoms with Gasteiger partial charge in [0.05, 0.1) is 10.5 Å². The van der Waals surface area contributed by atoms with E-state index in [0.717, 1.165) is 25.3 Å². The fourth-order valence-electron chi connectivity index (χ4n) is 3.69. The third kappa shape index (κ3) is 3.29. The third-order valence-corrected chi connectivity index (χ3v) is 7.77. The van der Waals surface area contributed by atoms with E-state index >= 15 is 0 Å². The number of nitrogens with one attached hydrogen (secondary N) is 1. The highest BCUT2D eigenvalue weighted by atomic mass is 32.2. The van der Waals surface area contributed by atoms with E-state index in [9.17, 15) is 8.42 Å². The van der Waals surface area contributed by atoms with Gasteiger partial charge < -0.3 is 10.2 Å². The lowest BCUT2D eigenvalue weighted by molar-refractivity contribution is 0.350. The maximum atomic E-state index is 12.2. The number of hydrogen-bond acceptors (Lipinski definition) is 3. The van der Waals surface area contributed by atoms with E-state index in [0.29, 0.717) is 19.0 Å². The Kier molecular flexibility index (Phi) is 4.60. The van der Waals surface area contributed by atoms with Gasteiger partial charge in [0.1, 0.15) is 0 Å². The summed E-state index contributed by atoms with van der Waals surface area (Å²) in [4.78, 5) is 6.44. The molecule has 0 bridgehead atoms. The summed E-state index contributed by atoms with van der Waals surface area (Å²) in [6, 6.07) is 8.62. The zero-order valence-electron chi connectivity index (χ0n) is 14.7. The van der Waals surface area contributed by atoms with Gasteiger partial charge in [-0.15, -0.1) is 0 Å². The van der Waals surface area contributed by atoms with Crippen molar-refractivity contribution in [2.45, 2.75) is 31.4 Å². The molecular formula is C18H27N3O2S. The number of fused-ring (bicyclic) bond motifs is 1. The molecule has 1 N–H and O–H groups in total. The topological polar surface area (TPSA) is 61.8 Å². The van der Waals surface area contributed by atoms with Gasteiger partial charge in [-0.3, -0.25) is 4.99 Å². The molecule has 1 aliphatic carbocycles. The Balaban J connectivity index is 1.59. The molecule has 1 aromatic rings. The molecule has 0 atom stereocenters. The number of rotatable bonds is 2. The number of hydrogen-bond donors (Lipinski definition) is 1. The molecule has 0 radical (unpaired) electrons. The fourth-order valence-corrected chi connectivity index (χ4v) is 5.05. The van der Waals surface area contributed by atoms with E-state index in [-0.39, 0.29) is 5.75 Å². The number of sulfone groups is 1. The average molecular weight is 350 g/mol. The molecule has 2 aliphatic rings. The Morgan fingerprint density at radius 1 is 1.29 bits per heavy atom. The summed E-state index contributed by atoms with van der Waals surface area (Å²) in [6.07, 6.45) is 2.19. The van der Waals surface area contributed by atoms with Crippen molar-refractivity contribution < 1.29 is 8.42 Å². The van der Waals surface area contributed by atoms with Crippen LogP contribution in [0.25, 0.3) is 0 Å². The normalized spacial score (nSPS) is 23.1. The number of nitrogens with zero attached hydrogens (tertiary/aromatic N) is 2. The average Bonchev–Trinajstić information content (AvgIpc) is 2.94. The van der Waals surface area contributed by atoms with Crippen LogP contribution in [0.4, 0.5) is 0 Å². The van der Waals surface area contributed by atoms with Gasteiger partial charge in [0.2, 0.25) is 0 Å². The molecule has 1 saturated heterocycles. The second-order valence-electron chi connectivity index (χ2n) is 7.47. The smallest absolute Gasteiger partial charge is 0.193 e. The number of benzene rings is 1. The van der Waals surface area contributed by atoms with E-state index in [1.807, 2.05) is 0 Å². The van der Waals surface area contributed by atoms with Crippen LogP contribution in [0.5, 0.6) is 0 Å². The molecule has 0 spiro atoms. The molecular weight excluding hydrogens is 322 g/mol. The van der Waals surface area contributed by atoms with Crippen LogP contribution in [-0.4, -0.2) is 56.5 Å². The highest BCUT2D eigenvalue weighted by Gasteiger charge is 2.41. The van der Waals surface area contributed by atoms with Crippen molar-refractivity contribution in [3.05, 3.63) is 35.4 Å². The predicted octanol–water partition coefficient (Wildman–Crippen LogP) is 1.49. The summed E-state index contributed by atoms with van der Waals surface area (Å²) in [5.41, 5.74) is 2.90. The molecule has 0 unspecified atom stereocenters. The minimum Gasteiger partial charge on any atom is -0.356 e. The zero-order chi connectivity index (χ0) is 17.4. The SMILES string of the molecule is CN=C(NCC1Cc2ccccc2C1)N1CCS(=O)(=O)C(C)(C)C1. The van der Waals surface area contributed by atoms with Crippen molar-refractivity contribution in [2.75, 3.05) is 32.4 Å². The first-order valence-electron chi connectivity index (χ1n) is 8.57. The van der Waals surface area contributed by atoms with Crippen LogP contribution in [0.1, 0.15) is 25.0 Å². The fraction of sp³-hybridized carbons (Fsp3) is 0.611. The second-order valence-corrected chi connectivity index (χ2v) is 10.2. The van der Waals surface area contributed by atoms with Crippen molar-refractivity contribution in [1.29, 1.82) is 0 Å². The highest BCUT2D eigenvalue weighted by molar-refractivity contribution is 7.92. The van der Waals surface area contributed by atoms with Gasteiger partial charge in [-0.25, -0.2) is 8.42 Å². The zero-order valence-corrected chi connectivity index (χ0v) is 15.6. The summed E-state index contributed by atoms with van der Waals surface area (Å²) in [5.74, 6) is 1.57. The summed E-state index contributed by atoms with van der Waals surface area (Å²) in [7, 11) is -1.26. The van der Waals surface area contributed by atoms with Crippen molar-refractivity contribution in [2.24, 2.45) is 10.9 Å². The molecule has 0 aromatic heterocycles. The number of aliphatic imine (C=N–C) groups is 1. The molecule has 1 aliphatic heterocycles. The molecule has 1 heterocycles. The Bertz CT molecular complexity index is 715. The summed E-state index contributed by atoms with van der Waals surface area (Å²) >= 11 is 0. The van der Waals surface area contributed by atoms with Gasteiger partial charge >= 0.3 is 0 Å². The largest absolute Gasteiger partial charge is 0.356 e. The van der Waals surface area contributed by atoms with E-state index in [1.54, 1.807) is 20.9 Å². The molecule has 0 saturated carbocycles. The van der Waals surface area contributed by atoms with Crippen molar-refractivity contribution in [3.63, 3.8) is 0 Å². The first kappa shape index (κ1) is 17.3. The van der Waals surface area contributed by atoms with Gasteiger partial charge in [-0.1, -0.05) is 24.3 Å². The maximum absolute atomic E-state index is 12.2.